The number of hydrogen-bond donors (Lipinski definition) is 1. The van der Waals surface area contributed by atoms with E-state index in [0.29, 0.717) is 0 Å². The molecule has 1 N–H and O–H groups in total. The molecule has 1 saturated carbocycles. The van der Waals surface area contributed by atoms with Gasteiger partial charge in [-0.05, 0) is 32.2 Å². The van der Waals surface area contributed by atoms with Crippen LogP contribution in [-0.4, -0.2) is 38.8 Å². The first-order chi connectivity index (χ1) is 6.66. The van der Waals surface area contributed by atoms with Crippen molar-refractivity contribution in [2.45, 2.75) is 42.4 Å². The van der Waals surface area contributed by atoms with Crippen molar-refractivity contribution >= 4 is 9.84 Å². The van der Waals surface area contributed by atoms with Crippen molar-refractivity contribution in [3.8, 4) is 0 Å². The molecule has 0 unspecified atom stereocenters. The predicted molar refractivity (Wildman–Crippen MR) is 53.8 cm³/mol. The molecule has 0 amide bonds. The SMILES string of the molecule is CO[C@H]([C@H]1CCCN1)S(=O)(=O)C1CC1. The molecule has 82 valence electrons. The number of rotatable bonds is 4. The highest BCUT2D eigenvalue weighted by Gasteiger charge is 2.45. The van der Waals surface area contributed by atoms with Gasteiger partial charge in [-0.3, -0.25) is 0 Å². The van der Waals surface area contributed by atoms with E-state index in [1.54, 1.807) is 0 Å². The smallest absolute Gasteiger partial charge is 0.181 e. The highest BCUT2D eigenvalue weighted by Crippen LogP contribution is 2.33. The van der Waals surface area contributed by atoms with Gasteiger partial charge in [0.1, 0.15) is 0 Å². The molecule has 2 rings (SSSR count). The van der Waals surface area contributed by atoms with E-state index < -0.39 is 15.3 Å². The molecule has 2 fully saturated rings. The van der Waals surface area contributed by atoms with E-state index in [4.69, 9.17) is 4.74 Å². The molecule has 0 spiro atoms. The van der Waals surface area contributed by atoms with Gasteiger partial charge in [0.2, 0.25) is 0 Å². The largest absolute Gasteiger partial charge is 0.364 e. The Bertz CT molecular complexity index is 291. The van der Waals surface area contributed by atoms with E-state index >= 15 is 0 Å². The number of methoxy groups -OCH3 is 1. The summed E-state index contributed by atoms with van der Waals surface area (Å²) in [6.07, 6.45) is 3.58. The molecule has 1 aliphatic carbocycles. The number of sulfone groups is 1. The van der Waals surface area contributed by atoms with Crippen LogP contribution in [0.4, 0.5) is 0 Å². The molecule has 14 heavy (non-hydrogen) atoms. The molecule has 1 saturated heterocycles. The number of ether oxygens (including phenoxy) is 1. The van der Waals surface area contributed by atoms with Gasteiger partial charge in [0.25, 0.3) is 0 Å². The van der Waals surface area contributed by atoms with Crippen LogP contribution in [0.5, 0.6) is 0 Å². The van der Waals surface area contributed by atoms with Gasteiger partial charge in [0, 0.05) is 13.2 Å². The van der Waals surface area contributed by atoms with Crippen molar-refractivity contribution in [2.75, 3.05) is 13.7 Å². The summed E-state index contributed by atoms with van der Waals surface area (Å²) in [6, 6.07) is 0.00519. The minimum atomic E-state index is -3.05. The standard InChI is InChI=1S/C9H17NO3S/c1-13-9(8-3-2-6-10-8)14(11,12)7-4-5-7/h7-10H,2-6H2,1H3/t8-,9+/m1/s1. The van der Waals surface area contributed by atoms with Crippen LogP contribution in [0, 0.1) is 0 Å². The van der Waals surface area contributed by atoms with E-state index in [1.807, 2.05) is 0 Å². The van der Waals surface area contributed by atoms with Crippen LogP contribution < -0.4 is 5.32 Å². The molecule has 1 heterocycles. The summed E-state index contributed by atoms with van der Waals surface area (Å²) in [6.45, 7) is 0.907. The molecule has 0 aromatic rings. The van der Waals surface area contributed by atoms with E-state index in [-0.39, 0.29) is 11.3 Å². The van der Waals surface area contributed by atoms with E-state index in [9.17, 15) is 8.42 Å². The van der Waals surface area contributed by atoms with Gasteiger partial charge in [-0.25, -0.2) is 8.42 Å². The predicted octanol–water partition coefficient (Wildman–Crippen LogP) is 0.288. The zero-order valence-electron chi connectivity index (χ0n) is 8.40. The first-order valence-electron chi connectivity index (χ1n) is 5.15. The molecule has 2 aliphatic rings. The van der Waals surface area contributed by atoms with Crippen LogP contribution in [0.1, 0.15) is 25.7 Å². The van der Waals surface area contributed by atoms with E-state index in [1.165, 1.54) is 7.11 Å². The fourth-order valence-corrected chi connectivity index (χ4v) is 4.19. The Morgan fingerprint density at radius 2 is 2.07 bits per heavy atom. The van der Waals surface area contributed by atoms with E-state index in [2.05, 4.69) is 5.32 Å². The Morgan fingerprint density at radius 3 is 2.50 bits per heavy atom. The molecule has 5 heteroatoms. The Kier molecular flexibility index (Phi) is 2.81. The third kappa shape index (κ3) is 1.81. The Morgan fingerprint density at radius 1 is 1.36 bits per heavy atom. The maximum absolute atomic E-state index is 11.9. The van der Waals surface area contributed by atoms with Gasteiger partial charge in [0.15, 0.2) is 15.3 Å². The summed E-state index contributed by atoms with van der Waals surface area (Å²) < 4.78 is 29.0. The van der Waals surface area contributed by atoms with Gasteiger partial charge >= 0.3 is 0 Å². The van der Waals surface area contributed by atoms with Crippen molar-refractivity contribution in [2.24, 2.45) is 0 Å². The van der Waals surface area contributed by atoms with Crippen molar-refractivity contribution in [3.63, 3.8) is 0 Å². The molecule has 0 bridgehead atoms. The zero-order chi connectivity index (χ0) is 10.2. The van der Waals surface area contributed by atoms with E-state index in [0.717, 1.165) is 32.2 Å². The first-order valence-corrected chi connectivity index (χ1v) is 6.76. The topological polar surface area (TPSA) is 55.4 Å². The van der Waals surface area contributed by atoms with Gasteiger partial charge < -0.3 is 10.1 Å². The molecular weight excluding hydrogens is 202 g/mol. The Hall–Kier alpha value is -0.130. The Balaban J connectivity index is 2.11. The first kappa shape index (κ1) is 10.4. The number of nitrogens with one attached hydrogen (secondary N) is 1. The molecule has 2 atom stereocenters. The fourth-order valence-electron chi connectivity index (χ4n) is 2.06. The van der Waals surface area contributed by atoms with Crippen LogP contribution in [0.15, 0.2) is 0 Å². The molecule has 4 nitrogen and oxygen atoms in total. The summed E-state index contributed by atoms with van der Waals surface area (Å²) in [4.78, 5) is 0. The second-order valence-corrected chi connectivity index (χ2v) is 6.40. The third-order valence-corrected chi connectivity index (χ3v) is 5.54. The second kappa shape index (κ2) is 3.79. The number of hydrogen-bond acceptors (Lipinski definition) is 4. The van der Waals surface area contributed by atoms with Gasteiger partial charge in [-0.1, -0.05) is 0 Å². The van der Waals surface area contributed by atoms with Crippen molar-refractivity contribution in [1.29, 1.82) is 0 Å². The van der Waals surface area contributed by atoms with Crippen LogP contribution in [0.3, 0.4) is 0 Å². The molecule has 0 aromatic heterocycles. The van der Waals surface area contributed by atoms with Crippen LogP contribution in [-0.2, 0) is 14.6 Å². The average Bonchev–Trinajstić information content (AvgIpc) is 2.88. The van der Waals surface area contributed by atoms with Crippen molar-refractivity contribution in [3.05, 3.63) is 0 Å². The monoisotopic (exact) mass is 219 g/mol. The highest BCUT2D eigenvalue weighted by atomic mass is 32.2. The lowest BCUT2D eigenvalue weighted by Gasteiger charge is -2.22. The van der Waals surface area contributed by atoms with Gasteiger partial charge in [-0.2, -0.15) is 0 Å². The maximum atomic E-state index is 11.9. The zero-order valence-corrected chi connectivity index (χ0v) is 9.22. The van der Waals surface area contributed by atoms with Crippen LogP contribution in [0.2, 0.25) is 0 Å². The lowest BCUT2D eigenvalue weighted by Crippen LogP contribution is -2.43. The van der Waals surface area contributed by atoms with Crippen LogP contribution >= 0.6 is 0 Å². The summed E-state index contributed by atoms with van der Waals surface area (Å²) in [7, 11) is -1.56. The Labute approximate surface area is 84.9 Å². The minimum Gasteiger partial charge on any atom is -0.364 e. The lowest BCUT2D eigenvalue weighted by atomic mass is 10.2. The van der Waals surface area contributed by atoms with Crippen molar-refractivity contribution in [1.82, 2.24) is 5.32 Å². The maximum Gasteiger partial charge on any atom is 0.181 e. The quantitative estimate of drug-likeness (QED) is 0.738. The average molecular weight is 219 g/mol. The highest BCUT2D eigenvalue weighted by molar-refractivity contribution is 7.92. The molecule has 1 aliphatic heterocycles. The third-order valence-electron chi connectivity index (χ3n) is 2.97. The van der Waals surface area contributed by atoms with Crippen molar-refractivity contribution < 1.29 is 13.2 Å². The lowest BCUT2D eigenvalue weighted by molar-refractivity contribution is 0.135. The summed E-state index contributed by atoms with van der Waals surface area (Å²) in [5, 5.41) is 3.06. The minimum absolute atomic E-state index is 0.00519. The fraction of sp³-hybridized carbons (Fsp3) is 1.00. The van der Waals surface area contributed by atoms with Crippen LogP contribution in [0.25, 0.3) is 0 Å². The molecular formula is C9H17NO3S. The molecule has 0 aromatic carbocycles. The molecule has 0 radical (unpaired) electrons. The second-order valence-electron chi connectivity index (χ2n) is 4.10. The summed E-state index contributed by atoms with van der Waals surface area (Å²) >= 11 is 0. The van der Waals surface area contributed by atoms with Gasteiger partial charge in [-0.15, -0.1) is 0 Å². The van der Waals surface area contributed by atoms with Gasteiger partial charge in [0.05, 0.1) is 5.25 Å². The normalized spacial score (nSPS) is 30.5. The summed E-state index contributed by atoms with van der Waals surface area (Å²) in [5.41, 5.74) is -0.627. The summed E-state index contributed by atoms with van der Waals surface area (Å²) in [5.74, 6) is 0.